The van der Waals surface area contributed by atoms with Gasteiger partial charge >= 0.3 is 5.97 Å². The molecule has 2 aromatic heterocycles. The van der Waals surface area contributed by atoms with E-state index in [0.717, 1.165) is 16.0 Å². The van der Waals surface area contributed by atoms with Crippen LogP contribution in [0.2, 0.25) is 10.0 Å². The average molecular weight is 558 g/mol. The lowest BCUT2D eigenvalue weighted by Crippen LogP contribution is -2.35. The van der Waals surface area contributed by atoms with Gasteiger partial charge < -0.3 is 10.1 Å². The number of alkyl halides is 1. The lowest BCUT2D eigenvalue weighted by Gasteiger charge is -2.23. The van der Waals surface area contributed by atoms with E-state index in [4.69, 9.17) is 28.3 Å². The maximum Gasteiger partial charge on any atom is 0.306 e. The number of pyridine rings is 1. The Morgan fingerprint density at radius 2 is 1.73 bits per heavy atom. The molecule has 0 aliphatic carbocycles. The summed E-state index contributed by atoms with van der Waals surface area (Å²) < 4.78 is 14.7. The number of carbonyl (C=O) groups is 2. The molecule has 37 heavy (non-hydrogen) atoms. The number of nitrogens with one attached hydrogen (secondary N) is 1. The van der Waals surface area contributed by atoms with Crippen LogP contribution >= 0.6 is 34.5 Å². The average Bonchev–Trinajstić information content (AvgIpc) is 3.50. The van der Waals surface area contributed by atoms with Crippen LogP contribution in [-0.2, 0) is 9.59 Å². The number of aliphatic carboxylic acids is 1. The first-order chi connectivity index (χ1) is 17.7. The Labute approximate surface area is 223 Å². The zero-order valence-electron chi connectivity index (χ0n) is 19.0. The molecule has 0 saturated carbocycles. The number of hydrogen-bond donors (Lipinski definition) is 2. The fourth-order valence-electron chi connectivity index (χ4n) is 4.40. The summed E-state index contributed by atoms with van der Waals surface area (Å²) in [6.07, 6.45) is -3.19. The van der Waals surface area contributed by atoms with E-state index in [0.29, 0.717) is 26.0 Å². The summed E-state index contributed by atoms with van der Waals surface area (Å²) in [5.74, 6) is -2.55. The molecule has 0 spiro atoms. The first kappa shape index (κ1) is 25.1. The highest BCUT2D eigenvalue weighted by molar-refractivity contribution is 7.16. The molecule has 0 bridgehead atoms. The SMILES string of the molecule is O=C(O)CC(F)C(=O)N1N=C(c2c(-c3ccc(Cl)cc3)c3ccsc3[nH]c2=O)CC1c1ccc(Cl)cc1. The number of nitrogens with zero attached hydrogens (tertiary/aromatic N) is 2. The van der Waals surface area contributed by atoms with Crippen LogP contribution in [0.1, 0.15) is 30.0 Å². The van der Waals surface area contributed by atoms with Gasteiger partial charge in [0.1, 0.15) is 4.83 Å². The van der Waals surface area contributed by atoms with Crippen molar-refractivity contribution < 1.29 is 19.1 Å². The fourth-order valence-corrected chi connectivity index (χ4v) is 5.44. The Balaban J connectivity index is 1.68. The normalized spacial score (nSPS) is 16.1. The molecule has 5 rings (SSSR count). The van der Waals surface area contributed by atoms with Crippen molar-refractivity contribution in [1.82, 2.24) is 9.99 Å². The number of hydrogen-bond acceptors (Lipinski definition) is 5. The standard InChI is InChI=1S/C26H18Cl2FN3O4S/c27-15-5-1-13(2-6-15)20-12-19(31-32(20)26(36)18(29)11-21(33)34)23-22(14-3-7-16(28)8-4-14)17-9-10-37-25(17)30-24(23)35/h1-10,18,20H,11-12H2,(H,30,35)(H,33,34). The summed E-state index contributed by atoms with van der Waals surface area (Å²) in [7, 11) is 0. The van der Waals surface area contributed by atoms with Gasteiger partial charge in [0.15, 0.2) is 6.17 Å². The lowest BCUT2D eigenvalue weighted by molar-refractivity contribution is -0.146. The van der Waals surface area contributed by atoms with Crippen molar-refractivity contribution in [2.45, 2.75) is 25.1 Å². The number of fused-ring (bicyclic) bond motifs is 1. The van der Waals surface area contributed by atoms with Crippen LogP contribution in [0.25, 0.3) is 21.3 Å². The van der Waals surface area contributed by atoms with Crippen LogP contribution in [0, 0.1) is 0 Å². The van der Waals surface area contributed by atoms with Crippen molar-refractivity contribution in [3.05, 3.63) is 91.5 Å². The van der Waals surface area contributed by atoms with Gasteiger partial charge in [0.25, 0.3) is 11.5 Å². The minimum Gasteiger partial charge on any atom is -0.481 e. The van der Waals surface area contributed by atoms with Gasteiger partial charge in [-0.05, 0) is 46.8 Å². The number of aromatic nitrogens is 1. The molecule has 1 amide bonds. The molecule has 188 valence electrons. The summed E-state index contributed by atoms with van der Waals surface area (Å²) in [4.78, 5) is 41.0. The highest BCUT2D eigenvalue weighted by atomic mass is 35.5. The molecule has 11 heteroatoms. The molecule has 2 atom stereocenters. The predicted octanol–water partition coefficient (Wildman–Crippen LogP) is 6.05. The molecule has 2 aromatic carbocycles. The number of thiophene rings is 1. The number of aromatic amines is 1. The van der Waals surface area contributed by atoms with Crippen molar-refractivity contribution in [3.8, 4) is 11.1 Å². The Morgan fingerprint density at radius 3 is 2.38 bits per heavy atom. The van der Waals surface area contributed by atoms with Crippen molar-refractivity contribution >= 4 is 62.3 Å². The summed E-state index contributed by atoms with van der Waals surface area (Å²) >= 11 is 13.5. The summed E-state index contributed by atoms with van der Waals surface area (Å²) in [5.41, 5.74) is 2.05. The third-order valence-electron chi connectivity index (χ3n) is 6.07. The number of carboxylic acids is 1. The molecule has 1 aliphatic rings. The number of rotatable bonds is 6. The molecule has 2 unspecified atom stereocenters. The largest absolute Gasteiger partial charge is 0.481 e. The number of benzene rings is 2. The van der Waals surface area contributed by atoms with Gasteiger partial charge in [0.2, 0.25) is 0 Å². The van der Waals surface area contributed by atoms with E-state index in [2.05, 4.69) is 10.1 Å². The maximum absolute atomic E-state index is 14.7. The first-order valence-electron chi connectivity index (χ1n) is 11.1. The second kappa shape index (κ2) is 10.1. The van der Waals surface area contributed by atoms with Gasteiger partial charge in [0.05, 0.1) is 23.7 Å². The smallest absolute Gasteiger partial charge is 0.306 e. The van der Waals surface area contributed by atoms with Crippen molar-refractivity contribution in [3.63, 3.8) is 0 Å². The van der Waals surface area contributed by atoms with Crippen LogP contribution in [0.4, 0.5) is 4.39 Å². The van der Waals surface area contributed by atoms with E-state index in [1.807, 2.05) is 11.4 Å². The number of halogens is 3. The fraction of sp³-hybridized carbons (Fsp3) is 0.154. The number of carboxylic acid groups (broad SMARTS) is 1. The second-order valence-electron chi connectivity index (χ2n) is 8.44. The monoisotopic (exact) mass is 557 g/mol. The Morgan fingerprint density at radius 1 is 1.08 bits per heavy atom. The van der Waals surface area contributed by atoms with Crippen molar-refractivity contribution in [1.29, 1.82) is 0 Å². The zero-order chi connectivity index (χ0) is 26.3. The lowest BCUT2D eigenvalue weighted by atomic mass is 9.92. The van der Waals surface area contributed by atoms with Gasteiger partial charge in [-0.3, -0.25) is 14.4 Å². The quantitative estimate of drug-likeness (QED) is 0.301. The minimum absolute atomic E-state index is 0.104. The highest BCUT2D eigenvalue weighted by Gasteiger charge is 2.39. The van der Waals surface area contributed by atoms with E-state index < -0.39 is 36.1 Å². The van der Waals surface area contributed by atoms with E-state index >= 15 is 0 Å². The number of H-pyrrole nitrogens is 1. The first-order valence-corrected chi connectivity index (χ1v) is 12.8. The van der Waals surface area contributed by atoms with E-state index in [1.54, 1.807) is 48.5 Å². The Hall–Kier alpha value is -3.53. The molecule has 0 fully saturated rings. The Bertz CT molecular complexity index is 1600. The van der Waals surface area contributed by atoms with Crippen LogP contribution < -0.4 is 5.56 Å². The topological polar surface area (TPSA) is 103 Å². The van der Waals surface area contributed by atoms with Gasteiger partial charge in [-0.2, -0.15) is 5.10 Å². The maximum atomic E-state index is 14.7. The minimum atomic E-state index is -2.30. The van der Waals surface area contributed by atoms with Gasteiger partial charge in [-0.15, -0.1) is 11.3 Å². The Kier molecular flexibility index (Phi) is 6.85. The molecular formula is C26H18Cl2FN3O4S. The zero-order valence-corrected chi connectivity index (χ0v) is 21.3. The second-order valence-corrected chi connectivity index (χ2v) is 10.2. The molecule has 2 N–H and O–H groups in total. The molecule has 1 aliphatic heterocycles. The van der Waals surface area contributed by atoms with Crippen LogP contribution in [-0.4, -0.2) is 38.9 Å². The van der Waals surface area contributed by atoms with Crippen LogP contribution in [0.5, 0.6) is 0 Å². The molecule has 7 nitrogen and oxygen atoms in total. The van der Waals surface area contributed by atoms with Crippen molar-refractivity contribution in [2.75, 3.05) is 0 Å². The van der Waals surface area contributed by atoms with Crippen LogP contribution in [0.3, 0.4) is 0 Å². The number of amides is 1. The molecule has 3 heterocycles. The van der Waals surface area contributed by atoms with Gasteiger partial charge in [0, 0.05) is 27.4 Å². The molecule has 0 radical (unpaired) electrons. The van der Waals surface area contributed by atoms with E-state index in [-0.39, 0.29) is 17.7 Å². The van der Waals surface area contributed by atoms with E-state index in [1.165, 1.54) is 11.3 Å². The third kappa shape index (κ3) is 4.90. The third-order valence-corrected chi connectivity index (χ3v) is 7.41. The summed E-state index contributed by atoms with van der Waals surface area (Å²) in [5, 5.41) is 18.0. The summed E-state index contributed by atoms with van der Waals surface area (Å²) in [6, 6.07) is 14.7. The molecule has 0 saturated heterocycles. The van der Waals surface area contributed by atoms with Crippen LogP contribution in [0.15, 0.2) is 69.9 Å². The van der Waals surface area contributed by atoms with Crippen molar-refractivity contribution in [2.24, 2.45) is 5.10 Å². The highest BCUT2D eigenvalue weighted by Crippen LogP contribution is 2.38. The predicted molar refractivity (Wildman–Crippen MR) is 142 cm³/mol. The summed E-state index contributed by atoms with van der Waals surface area (Å²) in [6.45, 7) is 0. The van der Waals surface area contributed by atoms with E-state index in [9.17, 15) is 18.8 Å². The number of carbonyl (C=O) groups excluding carboxylic acids is 1. The molecular weight excluding hydrogens is 540 g/mol. The number of hydrazone groups is 1. The van der Waals surface area contributed by atoms with Gasteiger partial charge in [-0.1, -0.05) is 47.5 Å². The molecule has 4 aromatic rings. The van der Waals surface area contributed by atoms with Gasteiger partial charge in [-0.25, -0.2) is 9.40 Å².